The highest BCUT2D eigenvalue weighted by Crippen LogP contribution is 2.35. The number of amides is 1. The van der Waals surface area contributed by atoms with E-state index in [2.05, 4.69) is 54.5 Å². The number of anilines is 1. The molecule has 1 aromatic carbocycles. The Morgan fingerprint density at radius 3 is 2.76 bits per heavy atom. The standard InChI is InChI=1S/C27H22FN7OS/c1-13(2)27(36)31-16-8-15(11-29-12-16)18-9-19-21(10-20(18)28)34-35-24(19)26-32-23-17(6-7-30-25(23)33-26)22-5-4-14(3)37-22/h4-13H,1-3H3,(H,31,36)(H,34,35)(H,30,32,33). The number of nitrogens with zero attached hydrogens (tertiary/aromatic N) is 4. The van der Waals surface area contributed by atoms with Crippen molar-refractivity contribution in [3.63, 3.8) is 0 Å². The zero-order chi connectivity index (χ0) is 25.7. The molecule has 0 saturated heterocycles. The number of halogens is 1. The third-order valence-corrected chi connectivity index (χ3v) is 7.15. The minimum atomic E-state index is -0.432. The highest BCUT2D eigenvalue weighted by atomic mass is 32.1. The van der Waals surface area contributed by atoms with Crippen molar-refractivity contribution in [2.45, 2.75) is 20.8 Å². The van der Waals surface area contributed by atoms with Gasteiger partial charge in [0.1, 0.15) is 11.5 Å². The van der Waals surface area contributed by atoms with Gasteiger partial charge in [-0.05, 0) is 37.3 Å². The van der Waals surface area contributed by atoms with Gasteiger partial charge in [0, 0.05) is 56.2 Å². The number of carbonyl (C=O) groups is 1. The molecule has 6 aromatic rings. The van der Waals surface area contributed by atoms with Crippen LogP contribution in [0.15, 0.2) is 55.0 Å². The van der Waals surface area contributed by atoms with Gasteiger partial charge in [0.05, 0.1) is 22.9 Å². The van der Waals surface area contributed by atoms with Crippen LogP contribution in [0.1, 0.15) is 18.7 Å². The first-order chi connectivity index (χ1) is 17.9. The van der Waals surface area contributed by atoms with E-state index >= 15 is 4.39 Å². The smallest absolute Gasteiger partial charge is 0.226 e. The highest BCUT2D eigenvalue weighted by molar-refractivity contribution is 7.15. The summed E-state index contributed by atoms with van der Waals surface area (Å²) in [5, 5.41) is 10.9. The summed E-state index contributed by atoms with van der Waals surface area (Å²) < 4.78 is 15.2. The van der Waals surface area contributed by atoms with E-state index in [1.165, 1.54) is 17.1 Å². The maximum absolute atomic E-state index is 15.2. The summed E-state index contributed by atoms with van der Waals surface area (Å²) in [7, 11) is 0. The quantitative estimate of drug-likeness (QED) is 0.250. The number of thiophene rings is 1. The molecule has 0 bridgehead atoms. The first-order valence-electron chi connectivity index (χ1n) is 11.7. The molecular formula is C27H22FN7OS. The largest absolute Gasteiger partial charge is 0.335 e. The van der Waals surface area contributed by atoms with Crippen molar-refractivity contribution in [2.75, 3.05) is 5.32 Å². The van der Waals surface area contributed by atoms with E-state index in [-0.39, 0.29) is 11.8 Å². The molecule has 0 atom stereocenters. The van der Waals surface area contributed by atoms with Crippen molar-refractivity contribution < 1.29 is 9.18 Å². The molecule has 5 aromatic heterocycles. The minimum Gasteiger partial charge on any atom is -0.335 e. The second-order valence-corrected chi connectivity index (χ2v) is 10.4. The number of aromatic amines is 2. The number of hydrogen-bond acceptors (Lipinski definition) is 6. The Labute approximate surface area is 215 Å². The molecule has 0 aliphatic carbocycles. The lowest BCUT2D eigenvalue weighted by molar-refractivity contribution is -0.118. The van der Waals surface area contributed by atoms with Gasteiger partial charge in [0.15, 0.2) is 11.5 Å². The van der Waals surface area contributed by atoms with Gasteiger partial charge < -0.3 is 10.3 Å². The summed E-state index contributed by atoms with van der Waals surface area (Å²) in [6, 6.07) is 11.0. The molecule has 10 heteroatoms. The van der Waals surface area contributed by atoms with E-state index in [4.69, 9.17) is 0 Å². The van der Waals surface area contributed by atoms with E-state index in [0.29, 0.717) is 44.9 Å². The molecule has 0 aliphatic rings. The lowest BCUT2D eigenvalue weighted by Crippen LogP contribution is -2.17. The fourth-order valence-electron chi connectivity index (χ4n) is 4.19. The SMILES string of the molecule is Cc1ccc(-c2ccnc3nc(-c4n[nH]c5cc(F)c(-c6cncc(NC(=O)C(C)C)c6)cc45)[nH]c23)s1. The predicted molar refractivity (Wildman–Crippen MR) is 144 cm³/mol. The first-order valence-corrected chi connectivity index (χ1v) is 12.5. The average Bonchev–Trinajstić information content (AvgIpc) is 3.60. The Kier molecular flexibility index (Phi) is 5.53. The molecule has 37 heavy (non-hydrogen) atoms. The summed E-state index contributed by atoms with van der Waals surface area (Å²) in [5.41, 5.74) is 4.88. The normalized spacial score (nSPS) is 11.6. The van der Waals surface area contributed by atoms with Gasteiger partial charge in [0.2, 0.25) is 5.91 Å². The number of carbonyl (C=O) groups excluding carboxylic acids is 1. The van der Waals surface area contributed by atoms with Crippen LogP contribution in [0.25, 0.3) is 55.2 Å². The molecule has 0 unspecified atom stereocenters. The summed E-state index contributed by atoms with van der Waals surface area (Å²) >= 11 is 1.70. The van der Waals surface area contributed by atoms with Crippen LogP contribution in [-0.4, -0.2) is 36.0 Å². The van der Waals surface area contributed by atoms with Crippen LogP contribution >= 0.6 is 11.3 Å². The number of pyridine rings is 2. The van der Waals surface area contributed by atoms with Crippen LogP contribution in [0.4, 0.5) is 10.1 Å². The number of H-pyrrole nitrogens is 2. The maximum atomic E-state index is 15.2. The van der Waals surface area contributed by atoms with Gasteiger partial charge in [-0.15, -0.1) is 11.3 Å². The molecule has 0 saturated carbocycles. The van der Waals surface area contributed by atoms with Crippen LogP contribution in [0, 0.1) is 18.7 Å². The summed E-state index contributed by atoms with van der Waals surface area (Å²) in [5.74, 6) is -0.225. The first kappa shape index (κ1) is 23.0. The van der Waals surface area contributed by atoms with E-state index in [0.717, 1.165) is 16.0 Å². The Hall–Kier alpha value is -4.44. The number of hydrogen-bond donors (Lipinski definition) is 3. The number of rotatable bonds is 5. The second-order valence-electron chi connectivity index (χ2n) is 9.11. The van der Waals surface area contributed by atoms with Gasteiger partial charge in [-0.25, -0.2) is 14.4 Å². The number of nitrogens with one attached hydrogen (secondary N) is 3. The van der Waals surface area contributed by atoms with Gasteiger partial charge in [0.25, 0.3) is 0 Å². The van der Waals surface area contributed by atoms with E-state index in [9.17, 15) is 4.79 Å². The topological polar surface area (TPSA) is 112 Å². The molecule has 3 N–H and O–H groups in total. The number of aromatic nitrogens is 6. The van der Waals surface area contributed by atoms with Crippen LogP contribution in [0.2, 0.25) is 0 Å². The maximum Gasteiger partial charge on any atom is 0.226 e. The lowest BCUT2D eigenvalue weighted by Gasteiger charge is -2.09. The molecule has 5 heterocycles. The summed E-state index contributed by atoms with van der Waals surface area (Å²) in [6.45, 7) is 5.68. The zero-order valence-corrected chi connectivity index (χ0v) is 21.1. The van der Waals surface area contributed by atoms with Gasteiger partial charge in [-0.2, -0.15) is 5.10 Å². The highest BCUT2D eigenvalue weighted by Gasteiger charge is 2.19. The van der Waals surface area contributed by atoms with Crippen LogP contribution in [0.3, 0.4) is 0 Å². The Balaban J connectivity index is 1.44. The molecule has 8 nitrogen and oxygen atoms in total. The third-order valence-electron chi connectivity index (χ3n) is 6.11. The van der Waals surface area contributed by atoms with Gasteiger partial charge in [-0.1, -0.05) is 13.8 Å². The van der Waals surface area contributed by atoms with E-state index in [1.54, 1.807) is 49.7 Å². The van der Waals surface area contributed by atoms with E-state index < -0.39 is 5.82 Å². The minimum absolute atomic E-state index is 0.137. The third kappa shape index (κ3) is 4.15. The molecule has 1 amide bonds. The van der Waals surface area contributed by atoms with Crippen molar-refractivity contribution in [1.29, 1.82) is 0 Å². The monoisotopic (exact) mass is 511 g/mol. The fourth-order valence-corrected chi connectivity index (χ4v) is 5.09. The number of benzene rings is 1. The van der Waals surface area contributed by atoms with Crippen LogP contribution in [-0.2, 0) is 4.79 Å². The second kappa shape index (κ2) is 8.90. The van der Waals surface area contributed by atoms with Crippen LogP contribution < -0.4 is 5.32 Å². The summed E-state index contributed by atoms with van der Waals surface area (Å²) in [4.78, 5) is 31.2. The summed E-state index contributed by atoms with van der Waals surface area (Å²) in [6.07, 6.45) is 4.85. The number of fused-ring (bicyclic) bond motifs is 2. The molecule has 0 aliphatic heterocycles. The Morgan fingerprint density at radius 1 is 1.11 bits per heavy atom. The van der Waals surface area contributed by atoms with Crippen LogP contribution in [0.5, 0.6) is 0 Å². The van der Waals surface area contributed by atoms with Gasteiger partial charge >= 0.3 is 0 Å². The lowest BCUT2D eigenvalue weighted by atomic mass is 10.0. The van der Waals surface area contributed by atoms with Crippen molar-refractivity contribution in [1.82, 2.24) is 30.1 Å². The van der Waals surface area contributed by atoms with Crippen molar-refractivity contribution in [2.24, 2.45) is 5.92 Å². The predicted octanol–water partition coefficient (Wildman–Crippen LogP) is 6.33. The Bertz CT molecular complexity index is 1800. The average molecular weight is 512 g/mol. The molecule has 0 fully saturated rings. The van der Waals surface area contributed by atoms with Crippen molar-refractivity contribution >= 4 is 45.0 Å². The zero-order valence-electron chi connectivity index (χ0n) is 20.3. The molecule has 0 radical (unpaired) electrons. The number of imidazole rings is 1. The molecule has 6 rings (SSSR count). The Morgan fingerprint density at radius 2 is 1.97 bits per heavy atom. The van der Waals surface area contributed by atoms with Gasteiger partial charge in [-0.3, -0.25) is 14.9 Å². The molecular weight excluding hydrogens is 489 g/mol. The molecule has 184 valence electrons. The van der Waals surface area contributed by atoms with Crippen molar-refractivity contribution in [3.05, 3.63) is 65.7 Å². The van der Waals surface area contributed by atoms with E-state index in [1.807, 2.05) is 6.07 Å². The van der Waals surface area contributed by atoms with Crippen molar-refractivity contribution in [3.8, 4) is 33.1 Å². The fraction of sp³-hybridized carbons (Fsp3) is 0.148. The number of aryl methyl sites for hydroxylation is 1. The molecule has 0 spiro atoms.